The number of aromatic nitrogens is 1. The first-order valence-electron chi connectivity index (χ1n) is 17.8. The van der Waals surface area contributed by atoms with E-state index in [-0.39, 0.29) is 0 Å². The molecule has 244 valence electrons. The Bertz CT molecular complexity index is 2810. The molecule has 0 fully saturated rings. The minimum Gasteiger partial charge on any atom is -0.457 e. The average molecular weight is 666 g/mol. The summed E-state index contributed by atoms with van der Waals surface area (Å²) in [4.78, 5) is 0. The Hall–Kier alpha value is -6.84. The molecule has 3 nitrogen and oxygen atoms in total. The Morgan fingerprint density at radius 3 is 1.75 bits per heavy atom. The van der Waals surface area contributed by atoms with Gasteiger partial charge < -0.3 is 14.0 Å². The minimum atomic E-state index is -0.700. The third kappa shape index (κ3) is 3.96. The Morgan fingerprint density at radius 2 is 0.962 bits per heavy atom. The molecule has 0 atom stereocenters. The minimum absolute atomic E-state index is 0.700. The monoisotopic (exact) mass is 665 g/mol. The second-order valence-corrected chi connectivity index (χ2v) is 13.6. The van der Waals surface area contributed by atoms with E-state index in [2.05, 4.69) is 193 Å². The van der Waals surface area contributed by atoms with Gasteiger partial charge in [-0.3, -0.25) is 0 Å². The van der Waals surface area contributed by atoms with Gasteiger partial charge in [0.25, 0.3) is 0 Å². The van der Waals surface area contributed by atoms with Gasteiger partial charge in [-0.1, -0.05) is 140 Å². The lowest BCUT2D eigenvalue weighted by Gasteiger charge is -2.45. The van der Waals surface area contributed by atoms with Crippen molar-refractivity contribution in [2.45, 2.75) is 5.41 Å². The van der Waals surface area contributed by atoms with Crippen LogP contribution in [-0.2, 0) is 5.41 Å². The molecule has 0 N–H and O–H groups in total. The molecule has 1 aromatic heterocycles. The van der Waals surface area contributed by atoms with Crippen LogP contribution in [0.2, 0.25) is 0 Å². The van der Waals surface area contributed by atoms with Gasteiger partial charge in [0.15, 0.2) is 0 Å². The van der Waals surface area contributed by atoms with E-state index < -0.39 is 5.41 Å². The second kappa shape index (κ2) is 11.1. The lowest BCUT2D eigenvalue weighted by atomic mass is 9.60. The molecule has 0 bridgehead atoms. The highest BCUT2D eigenvalue weighted by molar-refractivity contribution is 6.15. The summed E-state index contributed by atoms with van der Waals surface area (Å²) in [7, 11) is 0. The SMILES string of the molecule is c1ccc(-c2cccc3c2C2(c4ccccc4Oc4ccccc42)c2ccc(-c4cccc5c4c4ccccc4n5-c4ccccc4)cc2O3)cc1. The molecule has 0 saturated heterocycles. The fourth-order valence-corrected chi connectivity index (χ4v) is 8.87. The zero-order chi connectivity index (χ0) is 34.2. The van der Waals surface area contributed by atoms with Gasteiger partial charge >= 0.3 is 0 Å². The molecule has 11 rings (SSSR count). The molecule has 0 radical (unpaired) electrons. The summed E-state index contributed by atoms with van der Waals surface area (Å²) in [5.74, 6) is 3.39. The normalized spacial score (nSPS) is 13.5. The molecule has 2 aliphatic rings. The number of benzene rings is 8. The van der Waals surface area contributed by atoms with Crippen LogP contribution in [0, 0.1) is 0 Å². The lowest BCUT2D eigenvalue weighted by molar-refractivity contribution is 0.400. The number of nitrogens with zero attached hydrogens (tertiary/aromatic N) is 1. The third-order valence-electron chi connectivity index (χ3n) is 10.9. The number of fused-ring (bicyclic) bond motifs is 11. The predicted octanol–water partition coefficient (Wildman–Crippen LogP) is 12.7. The lowest BCUT2D eigenvalue weighted by Crippen LogP contribution is -2.37. The standard InChI is InChI=1S/C49H31NO2/c1-3-15-32(16-4-1)36-21-14-28-45-48(36)49(38-22-8-11-26-43(38)51-44-27-12-9-23-39(44)49)40-30-29-33(31-46(40)52-45)35-20-13-25-42-47(35)37-19-7-10-24-41(37)50(42)34-17-5-2-6-18-34/h1-31H. The summed E-state index contributed by atoms with van der Waals surface area (Å²) >= 11 is 0. The Morgan fingerprint density at radius 1 is 0.385 bits per heavy atom. The van der Waals surface area contributed by atoms with Crippen LogP contribution in [0.1, 0.15) is 22.3 Å². The summed E-state index contributed by atoms with van der Waals surface area (Å²) in [6, 6.07) is 66.9. The summed E-state index contributed by atoms with van der Waals surface area (Å²) in [5.41, 5.74) is 11.8. The van der Waals surface area contributed by atoms with E-state index in [1.807, 2.05) is 0 Å². The Kier molecular flexibility index (Phi) is 6.17. The van der Waals surface area contributed by atoms with Gasteiger partial charge in [-0.15, -0.1) is 0 Å². The van der Waals surface area contributed by atoms with Crippen LogP contribution in [0.25, 0.3) is 49.7 Å². The van der Waals surface area contributed by atoms with Gasteiger partial charge in [-0.05, 0) is 70.8 Å². The topological polar surface area (TPSA) is 23.4 Å². The Balaban J connectivity index is 1.21. The van der Waals surface area contributed by atoms with Crippen molar-refractivity contribution in [1.29, 1.82) is 0 Å². The molecular weight excluding hydrogens is 635 g/mol. The number of para-hydroxylation sites is 4. The van der Waals surface area contributed by atoms with E-state index in [9.17, 15) is 0 Å². The molecule has 8 aromatic carbocycles. The van der Waals surface area contributed by atoms with Crippen LogP contribution in [0.3, 0.4) is 0 Å². The second-order valence-electron chi connectivity index (χ2n) is 13.6. The highest BCUT2D eigenvalue weighted by Crippen LogP contribution is 2.63. The maximum Gasteiger partial charge on any atom is 0.132 e. The van der Waals surface area contributed by atoms with Crippen LogP contribution in [0.4, 0.5) is 0 Å². The van der Waals surface area contributed by atoms with Crippen molar-refractivity contribution in [2.24, 2.45) is 0 Å². The zero-order valence-corrected chi connectivity index (χ0v) is 28.2. The molecule has 52 heavy (non-hydrogen) atoms. The first kappa shape index (κ1) is 28.9. The van der Waals surface area contributed by atoms with Gasteiger partial charge in [0, 0.05) is 38.7 Å². The summed E-state index contributed by atoms with van der Waals surface area (Å²) in [5, 5.41) is 2.44. The molecule has 3 heterocycles. The summed E-state index contributed by atoms with van der Waals surface area (Å²) < 4.78 is 16.1. The quantitative estimate of drug-likeness (QED) is 0.187. The maximum absolute atomic E-state index is 7.09. The van der Waals surface area contributed by atoms with E-state index in [1.54, 1.807) is 0 Å². The van der Waals surface area contributed by atoms with Gasteiger partial charge in [-0.25, -0.2) is 0 Å². The van der Waals surface area contributed by atoms with Gasteiger partial charge in [0.05, 0.1) is 16.4 Å². The number of rotatable bonds is 3. The summed E-state index contributed by atoms with van der Waals surface area (Å²) in [6.07, 6.45) is 0. The van der Waals surface area contributed by atoms with E-state index in [4.69, 9.17) is 9.47 Å². The molecule has 0 aliphatic carbocycles. The van der Waals surface area contributed by atoms with E-state index >= 15 is 0 Å². The van der Waals surface area contributed by atoms with Crippen molar-refractivity contribution in [1.82, 2.24) is 4.57 Å². The van der Waals surface area contributed by atoms with Crippen molar-refractivity contribution >= 4 is 21.8 Å². The molecule has 1 spiro atoms. The molecule has 0 saturated carbocycles. The van der Waals surface area contributed by atoms with E-state index in [0.717, 1.165) is 67.6 Å². The van der Waals surface area contributed by atoms with Crippen LogP contribution in [-0.4, -0.2) is 4.57 Å². The summed E-state index contributed by atoms with van der Waals surface area (Å²) in [6.45, 7) is 0. The van der Waals surface area contributed by atoms with Crippen molar-refractivity contribution in [3.8, 4) is 50.9 Å². The van der Waals surface area contributed by atoms with Crippen molar-refractivity contribution in [2.75, 3.05) is 0 Å². The first-order valence-corrected chi connectivity index (χ1v) is 17.8. The van der Waals surface area contributed by atoms with Gasteiger partial charge in [0.1, 0.15) is 23.0 Å². The highest BCUT2D eigenvalue weighted by atomic mass is 16.5. The molecular formula is C49H31NO2. The van der Waals surface area contributed by atoms with Gasteiger partial charge in [0.2, 0.25) is 0 Å². The predicted molar refractivity (Wildman–Crippen MR) is 210 cm³/mol. The van der Waals surface area contributed by atoms with Crippen LogP contribution < -0.4 is 9.47 Å². The molecule has 3 heteroatoms. The molecule has 9 aromatic rings. The smallest absolute Gasteiger partial charge is 0.132 e. The Labute approximate surface area is 301 Å². The first-order chi connectivity index (χ1) is 25.8. The maximum atomic E-state index is 7.09. The number of hydrogen-bond acceptors (Lipinski definition) is 2. The van der Waals surface area contributed by atoms with E-state index in [1.165, 1.54) is 27.4 Å². The molecule has 2 aliphatic heterocycles. The zero-order valence-electron chi connectivity index (χ0n) is 28.2. The molecule has 0 unspecified atom stereocenters. The van der Waals surface area contributed by atoms with Crippen molar-refractivity contribution < 1.29 is 9.47 Å². The van der Waals surface area contributed by atoms with Crippen molar-refractivity contribution in [3.05, 3.63) is 210 Å². The van der Waals surface area contributed by atoms with Gasteiger partial charge in [-0.2, -0.15) is 0 Å². The fraction of sp³-hybridized carbons (Fsp3) is 0.0204. The fourth-order valence-electron chi connectivity index (χ4n) is 8.87. The number of hydrogen-bond donors (Lipinski definition) is 0. The number of ether oxygens (including phenoxy) is 2. The molecule has 0 amide bonds. The van der Waals surface area contributed by atoms with E-state index in [0.29, 0.717) is 0 Å². The largest absolute Gasteiger partial charge is 0.457 e. The highest BCUT2D eigenvalue weighted by Gasteiger charge is 2.51. The van der Waals surface area contributed by atoms with Crippen LogP contribution in [0.5, 0.6) is 23.0 Å². The van der Waals surface area contributed by atoms with Crippen LogP contribution >= 0.6 is 0 Å². The average Bonchev–Trinajstić information content (AvgIpc) is 3.56. The van der Waals surface area contributed by atoms with Crippen LogP contribution in [0.15, 0.2) is 188 Å². The third-order valence-corrected chi connectivity index (χ3v) is 10.9. The van der Waals surface area contributed by atoms with Crippen molar-refractivity contribution in [3.63, 3.8) is 0 Å².